The van der Waals surface area contributed by atoms with Crippen LogP contribution < -0.4 is 16.0 Å². The predicted molar refractivity (Wildman–Crippen MR) is 79.9 cm³/mol. The molecule has 122 valence electrons. The maximum atomic E-state index is 11.7. The number of hydrogen-bond acceptors (Lipinski definition) is 3. The van der Waals surface area contributed by atoms with E-state index in [0.29, 0.717) is 18.9 Å². The zero-order valence-electron chi connectivity index (χ0n) is 13.2. The Balaban J connectivity index is 4.06. The van der Waals surface area contributed by atoms with Crippen LogP contribution in [0.15, 0.2) is 0 Å². The molecule has 3 amide bonds. The van der Waals surface area contributed by atoms with Crippen LogP contribution in [0.3, 0.4) is 0 Å². The average Bonchev–Trinajstić information content (AvgIpc) is 2.39. The minimum atomic E-state index is -0.884. The highest BCUT2D eigenvalue weighted by Crippen LogP contribution is 2.06. The van der Waals surface area contributed by atoms with E-state index in [2.05, 4.69) is 16.0 Å². The number of amides is 3. The van der Waals surface area contributed by atoms with Crippen LogP contribution in [0.25, 0.3) is 0 Å². The molecule has 0 rings (SSSR count). The zero-order chi connectivity index (χ0) is 16.4. The number of hydrogen-bond donors (Lipinski definition) is 4. The molecule has 2 atom stereocenters. The lowest BCUT2D eigenvalue weighted by Gasteiger charge is -2.17. The monoisotopic (exact) mass is 301 g/mol. The number of carboxylic acid groups (broad SMARTS) is 1. The van der Waals surface area contributed by atoms with Gasteiger partial charge in [0, 0.05) is 19.5 Å². The fraction of sp³-hybridized carbons (Fsp3) is 0.786. The Labute approximate surface area is 125 Å². The van der Waals surface area contributed by atoms with Gasteiger partial charge in [-0.1, -0.05) is 27.2 Å². The first-order valence-electron chi connectivity index (χ1n) is 7.30. The highest BCUT2D eigenvalue weighted by molar-refractivity contribution is 5.86. The summed E-state index contributed by atoms with van der Waals surface area (Å²) in [6, 6.07) is -1.10. The van der Waals surface area contributed by atoms with Crippen LogP contribution in [0.1, 0.15) is 40.5 Å². The summed E-state index contributed by atoms with van der Waals surface area (Å²) in [6.07, 6.45) is 0.679. The quantitative estimate of drug-likeness (QED) is 0.508. The molecular formula is C14H27N3O4. The van der Waals surface area contributed by atoms with E-state index in [-0.39, 0.29) is 24.8 Å². The molecule has 0 aliphatic rings. The number of carbonyl (C=O) groups excluding carboxylic acids is 2. The number of nitrogens with one attached hydrogen (secondary N) is 3. The Morgan fingerprint density at radius 2 is 1.67 bits per heavy atom. The van der Waals surface area contributed by atoms with E-state index in [1.54, 1.807) is 6.92 Å². The van der Waals surface area contributed by atoms with Gasteiger partial charge in [-0.2, -0.15) is 0 Å². The first-order valence-corrected chi connectivity index (χ1v) is 7.30. The van der Waals surface area contributed by atoms with Crippen LogP contribution in [-0.4, -0.2) is 42.1 Å². The van der Waals surface area contributed by atoms with Gasteiger partial charge in [0.05, 0.1) is 0 Å². The molecule has 0 saturated heterocycles. The summed E-state index contributed by atoms with van der Waals surface area (Å²) in [5, 5.41) is 16.6. The second-order valence-electron chi connectivity index (χ2n) is 5.59. The molecule has 4 N–H and O–H groups in total. The number of rotatable bonds is 9. The highest BCUT2D eigenvalue weighted by atomic mass is 16.4. The lowest BCUT2D eigenvalue weighted by molar-refractivity contribution is -0.138. The van der Waals surface area contributed by atoms with Gasteiger partial charge >= 0.3 is 12.0 Å². The van der Waals surface area contributed by atoms with Gasteiger partial charge in [0.1, 0.15) is 6.04 Å². The van der Waals surface area contributed by atoms with Crippen molar-refractivity contribution in [1.29, 1.82) is 0 Å². The van der Waals surface area contributed by atoms with Crippen molar-refractivity contribution in [1.82, 2.24) is 16.0 Å². The first kappa shape index (κ1) is 19.2. The third-order valence-corrected chi connectivity index (χ3v) is 3.02. The van der Waals surface area contributed by atoms with E-state index in [1.807, 2.05) is 20.8 Å². The van der Waals surface area contributed by atoms with Crippen molar-refractivity contribution in [2.24, 2.45) is 11.8 Å². The van der Waals surface area contributed by atoms with Crippen LogP contribution in [-0.2, 0) is 9.59 Å². The summed E-state index contributed by atoms with van der Waals surface area (Å²) in [4.78, 5) is 34.0. The van der Waals surface area contributed by atoms with E-state index < -0.39 is 18.0 Å². The normalized spacial score (nSPS) is 13.4. The molecule has 0 heterocycles. The van der Waals surface area contributed by atoms with E-state index in [1.165, 1.54) is 0 Å². The predicted octanol–water partition coefficient (Wildman–Crippen LogP) is 0.947. The van der Waals surface area contributed by atoms with E-state index >= 15 is 0 Å². The highest BCUT2D eigenvalue weighted by Gasteiger charge is 2.17. The molecule has 7 heteroatoms. The standard InChI is InChI=1S/C14H27N3O4/c1-5-11(6-12(18)19)8-16-14(21)17-10(4)13(20)15-7-9(2)3/h9-11H,5-8H2,1-4H3,(H,15,20)(H,18,19)(H2,16,17,21). The zero-order valence-corrected chi connectivity index (χ0v) is 13.2. The van der Waals surface area contributed by atoms with Gasteiger partial charge in [0.25, 0.3) is 0 Å². The van der Waals surface area contributed by atoms with Crippen LogP contribution in [0.5, 0.6) is 0 Å². The summed E-state index contributed by atoms with van der Waals surface area (Å²) < 4.78 is 0. The molecule has 0 aromatic rings. The van der Waals surface area contributed by atoms with Gasteiger partial charge < -0.3 is 21.1 Å². The van der Waals surface area contributed by atoms with Crippen molar-refractivity contribution in [2.45, 2.75) is 46.6 Å². The minimum Gasteiger partial charge on any atom is -0.481 e. The summed E-state index contributed by atoms with van der Waals surface area (Å²) >= 11 is 0. The molecule has 0 aromatic carbocycles. The molecule has 0 aromatic heterocycles. The summed E-state index contributed by atoms with van der Waals surface area (Å²) in [7, 11) is 0. The van der Waals surface area contributed by atoms with Gasteiger partial charge in [-0.25, -0.2) is 4.79 Å². The Bertz CT molecular complexity index is 358. The fourth-order valence-electron chi connectivity index (χ4n) is 1.62. The van der Waals surface area contributed by atoms with E-state index in [4.69, 9.17) is 5.11 Å². The second kappa shape index (κ2) is 10.0. The molecule has 0 radical (unpaired) electrons. The Morgan fingerprint density at radius 1 is 1.05 bits per heavy atom. The average molecular weight is 301 g/mol. The molecule has 0 aliphatic carbocycles. The summed E-state index contributed by atoms with van der Waals surface area (Å²) in [6.45, 7) is 8.27. The van der Waals surface area contributed by atoms with E-state index in [0.717, 1.165) is 0 Å². The van der Waals surface area contributed by atoms with E-state index in [9.17, 15) is 14.4 Å². The Morgan fingerprint density at radius 3 is 2.14 bits per heavy atom. The van der Waals surface area contributed by atoms with Crippen molar-refractivity contribution in [2.75, 3.05) is 13.1 Å². The topological polar surface area (TPSA) is 108 Å². The van der Waals surface area contributed by atoms with Gasteiger partial charge in [-0.3, -0.25) is 9.59 Å². The van der Waals surface area contributed by atoms with Gasteiger partial charge in [-0.05, 0) is 18.8 Å². The molecule has 0 aliphatic heterocycles. The van der Waals surface area contributed by atoms with Crippen LogP contribution in [0.4, 0.5) is 4.79 Å². The third kappa shape index (κ3) is 9.70. The van der Waals surface area contributed by atoms with Crippen LogP contribution >= 0.6 is 0 Å². The van der Waals surface area contributed by atoms with Crippen LogP contribution in [0, 0.1) is 11.8 Å². The molecule has 0 saturated carbocycles. The lowest BCUT2D eigenvalue weighted by Crippen LogP contribution is -2.49. The Kier molecular flexibility index (Phi) is 9.16. The van der Waals surface area contributed by atoms with Crippen molar-refractivity contribution in [3.63, 3.8) is 0 Å². The first-order chi connectivity index (χ1) is 9.76. The SMILES string of the molecule is CCC(CNC(=O)NC(C)C(=O)NCC(C)C)CC(=O)O. The third-order valence-electron chi connectivity index (χ3n) is 3.02. The molecular weight excluding hydrogens is 274 g/mol. The van der Waals surface area contributed by atoms with Gasteiger partial charge in [-0.15, -0.1) is 0 Å². The largest absolute Gasteiger partial charge is 0.481 e. The number of aliphatic carboxylic acids is 1. The minimum absolute atomic E-state index is 0.0151. The molecule has 2 unspecified atom stereocenters. The number of urea groups is 1. The molecule has 7 nitrogen and oxygen atoms in total. The maximum absolute atomic E-state index is 11.7. The van der Waals surface area contributed by atoms with Crippen molar-refractivity contribution in [3.05, 3.63) is 0 Å². The number of carbonyl (C=O) groups is 3. The lowest BCUT2D eigenvalue weighted by atomic mass is 10.0. The molecule has 21 heavy (non-hydrogen) atoms. The van der Waals surface area contributed by atoms with Crippen LogP contribution in [0.2, 0.25) is 0 Å². The maximum Gasteiger partial charge on any atom is 0.315 e. The smallest absolute Gasteiger partial charge is 0.315 e. The summed E-state index contributed by atoms with van der Waals surface area (Å²) in [5.41, 5.74) is 0. The van der Waals surface area contributed by atoms with Gasteiger partial charge in [0.2, 0.25) is 5.91 Å². The molecule has 0 bridgehead atoms. The summed E-state index contributed by atoms with van der Waals surface area (Å²) in [5.74, 6) is -0.892. The molecule has 0 fully saturated rings. The molecule has 0 spiro atoms. The van der Waals surface area contributed by atoms with Crippen molar-refractivity contribution in [3.8, 4) is 0 Å². The van der Waals surface area contributed by atoms with Crippen molar-refractivity contribution >= 4 is 17.9 Å². The fourth-order valence-corrected chi connectivity index (χ4v) is 1.62. The second-order valence-corrected chi connectivity index (χ2v) is 5.59. The van der Waals surface area contributed by atoms with Crippen molar-refractivity contribution < 1.29 is 19.5 Å². The van der Waals surface area contributed by atoms with Gasteiger partial charge in [0.15, 0.2) is 0 Å². The Hall–Kier alpha value is -1.79. The number of carboxylic acids is 1.